The third kappa shape index (κ3) is 1.78. The minimum atomic E-state index is -0.431. The molecule has 0 fully saturated rings. The van der Waals surface area contributed by atoms with E-state index in [1.807, 2.05) is 16.9 Å². The topological polar surface area (TPSA) is 23.5 Å². The fourth-order valence-electron chi connectivity index (χ4n) is 1.68. The summed E-state index contributed by atoms with van der Waals surface area (Å²) < 4.78 is 0. The van der Waals surface area contributed by atoms with E-state index in [4.69, 9.17) is 23.2 Å². The first-order valence-corrected chi connectivity index (χ1v) is 5.22. The van der Waals surface area contributed by atoms with Gasteiger partial charge in [-0.05, 0) is 30.1 Å². The van der Waals surface area contributed by atoms with Crippen molar-refractivity contribution in [2.45, 2.75) is 19.9 Å². The molecular weight excluding hydrogens is 220 g/mol. The predicted octanol–water partition coefficient (Wildman–Crippen LogP) is 2.42. The molecule has 74 valence electrons. The SMILES string of the molecule is CB(O)N1Cc2cc(Cl)c(Cl)cc2C1. The average Bonchev–Trinajstić information content (AvgIpc) is 2.48. The molecule has 1 N–H and O–H groups in total. The molecule has 0 aromatic heterocycles. The van der Waals surface area contributed by atoms with Gasteiger partial charge >= 0.3 is 7.05 Å². The Bertz CT molecular complexity index is 339. The Hall–Kier alpha value is -0.215. The molecule has 1 heterocycles. The molecule has 0 aliphatic carbocycles. The van der Waals surface area contributed by atoms with Gasteiger partial charge < -0.3 is 9.83 Å². The summed E-state index contributed by atoms with van der Waals surface area (Å²) in [6, 6.07) is 3.75. The fraction of sp³-hybridized carbons (Fsp3) is 0.333. The third-order valence-corrected chi connectivity index (χ3v) is 3.24. The van der Waals surface area contributed by atoms with Gasteiger partial charge in [0.15, 0.2) is 0 Å². The zero-order valence-electron chi connectivity index (χ0n) is 7.80. The summed E-state index contributed by atoms with van der Waals surface area (Å²) in [5.41, 5.74) is 2.31. The Morgan fingerprint density at radius 1 is 1.21 bits per heavy atom. The van der Waals surface area contributed by atoms with Crippen LogP contribution in [0.2, 0.25) is 16.9 Å². The van der Waals surface area contributed by atoms with Crippen molar-refractivity contribution in [2.24, 2.45) is 0 Å². The van der Waals surface area contributed by atoms with Crippen LogP contribution in [-0.2, 0) is 13.1 Å². The normalized spacial score (nSPS) is 15.7. The van der Waals surface area contributed by atoms with Crippen molar-refractivity contribution >= 4 is 30.3 Å². The first-order valence-electron chi connectivity index (χ1n) is 4.47. The predicted molar refractivity (Wildman–Crippen MR) is 59.5 cm³/mol. The van der Waals surface area contributed by atoms with Crippen molar-refractivity contribution in [2.75, 3.05) is 0 Å². The summed E-state index contributed by atoms with van der Waals surface area (Å²) in [6.45, 7) is 3.24. The van der Waals surface area contributed by atoms with E-state index in [2.05, 4.69) is 0 Å². The Morgan fingerprint density at radius 3 is 2.00 bits per heavy atom. The second-order valence-electron chi connectivity index (χ2n) is 3.57. The van der Waals surface area contributed by atoms with Crippen LogP contribution in [0.15, 0.2) is 12.1 Å². The summed E-state index contributed by atoms with van der Waals surface area (Å²) in [5, 5.41) is 10.6. The van der Waals surface area contributed by atoms with E-state index >= 15 is 0 Å². The molecule has 0 unspecified atom stereocenters. The lowest BCUT2D eigenvalue weighted by atomic mass is 9.86. The van der Waals surface area contributed by atoms with Crippen LogP contribution in [-0.4, -0.2) is 16.9 Å². The highest BCUT2D eigenvalue weighted by atomic mass is 35.5. The molecule has 1 aliphatic rings. The van der Waals surface area contributed by atoms with E-state index in [0.717, 1.165) is 24.2 Å². The van der Waals surface area contributed by atoms with Gasteiger partial charge in [0.2, 0.25) is 0 Å². The number of benzene rings is 1. The summed E-state index contributed by atoms with van der Waals surface area (Å²) >= 11 is 11.8. The van der Waals surface area contributed by atoms with Crippen LogP contribution in [0.4, 0.5) is 0 Å². The van der Waals surface area contributed by atoms with Crippen LogP contribution in [0.25, 0.3) is 0 Å². The second kappa shape index (κ2) is 3.74. The molecule has 14 heavy (non-hydrogen) atoms. The second-order valence-corrected chi connectivity index (χ2v) is 4.39. The van der Waals surface area contributed by atoms with Gasteiger partial charge in [-0.2, -0.15) is 0 Å². The van der Waals surface area contributed by atoms with Gasteiger partial charge in [0, 0.05) is 13.1 Å². The van der Waals surface area contributed by atoms with E-state index < -0.39 is 7.05 Å². The fourth-order valence-corrected chi connectivity index (χ4v) is 2.05. The Labute approximate surface area is 93.6 Å². The molecule has 2 rings (SSSR count). The molecule has 0 atom stereocenters. The zero-order chi connectivity index (χ0) is 10.3. The molecule has 1 aliphatic heterocycles. The highest BCUT2D eigenvalue weighted by Gasteiger charge is 2.25. The number of hydrogen-bond donors (Lipinski definition) is 1. The van der Waals surface area contributed by atoms with Crippen LogP contribution >= 0.6 is 23.2 Å². The van der Waals surface area contributed by atoms with Crippen LogP contribution < -0.4 is 0 Å². The lowest BCUT2D eigenvalue weighted by Crippen LogP contribution is -2.31. The van der Waals surface area contributed by atoms with Gasteiger partial charge in [0.05, 0.1) is 10.0 Å². The number of hydrogen-bond acceptors (Lipinski definition) is 2. The highest BCUT2D eigenvalue weighted by molar-refractivity contribution is 6.45. The molecule has 2 nitrogen and oxygen atoms in total. The molecule has 1 aromatic carbocycles. The van der Waals surface area contributed by atoms with E-state index in [1.54, 1.807) is 6.82 Å². The van der Waals surface area contributed by atoms with Crippen LogP contribution in [0.3, 0.4) is 0 Å². The lowest BCUT2D eigenvalue weighted by Gasteiger charge is -2.14. The average molecular weight is 230 g/mol. The first-order chi connectivity index (χ1) is 6.58. The molecule has 1 aromatic rings. The van der Waals surface area contributed by atoms with Crippen molar-refractivity contribution in [3.05, 3.63) is 33.3 Å². The van der Waals surface area contributed by atoms with Crippen molar-refractivity contribution < 1.29 is 5.02 Å². The molecular formula is C9H10BCl2NO. The van der Waals surface area contributed by atoms with E-state index in [1.165, 1.54) is 0 Å². The summed E-state index contributed by atoms with van der Waals surface area (Å²) in [6.07, 6.45) is 0. The molecule has 0 bridgehead atoms. The number of rotatable bonds is 1. The van der Waals surface area contributed by atoms with Crippen molar-refractivity contribution in [1.82, 2.24) is 4.81 Å². The molecule has 0 saturated heterocycles. The maximum atomic E-state index is 9.42. The van der Waals surface area contributed by atoms with Gasteiger partial charge in [-0.15, -0.1) is 0 Å². The van der Waals surface area contributed by atoms with Gasteiger partial charge in [-0.3, -0.25) is 0 Å². The van der Waals surface area contributed by atoms with Gasteiger partial charge in [0.25, 0.3) is 0 Å². The Kier molecular flexibility index (Phi) is 2.75. The number of halogens is 2. The van der Waals surface area contributed by atoms with E-state index in [0.29, 0.717) is 10.0 Å². The maximum Gasteiger partial charge on any atom is 0.376 e. The van der Waals surface area contributed by atoms with Crippen molar-refractivity contribution in [3.63, 3.8) is 0 Å². The minimum absolute atomic E-state index is 0.431. The summed E-state index contributed by atoms with van der Waals surface area (Å²) in [5.74, 6) is 0. The zero-order valence-corrected chi connectivity index (χ0v) is 9.31. The standard InChI is InChI=1S/C9H10BCl2NO/c1-10(14)13-4-6-2-8(11)9(12)3-7(6)5-13/h2-3,14H,4-5H2,1H3. The smallest absolute Gasteiger partial charge is 0.376 e. The largest absolute Gasteiger partial charge is 0.437 e. The van der Waals surface area contributed by atoms with Crippen LogP contribution in [0, 0.1) is 0 Å². The summed E-state index contributed by atoms with van der Waals surface area (Å²) in [4.78, 5) is 1.96. The Balaban J connectivity index is 2.31. The molecule has 0 radical (unpaired) electrons. The van der Waals surface area contributed by atoms with E-state index in [9.17, 15) is 5.02 Å². The van der Waals surface area contributed by atoms with Gasteiger partial charge in [0.1, 0.15) is 0 Å². The number of nitrogens with zero attached hydrogens (tertiary/aromatic N) is 1. The first kappa shape index (κ1) is 10.3. The van der Waals surface area contributed by atoms with Crippen molar-refractivity contribution in [1.29, 1.82) is 0 Å². The Morgan fingerprint density at radius 2 is 1.64 bits per heavy atom. The van der Waals surface area contributed by atoms with E-state index in [-0.39, 0.29) is 0 Å². The summed E-state index contributed by atoms with van der Waals surface area (Å²) in [7, 11) is -0.431. The monoisotopic (exact) mass is 229 g/mol. The highest BCUT2D eigenvalue weighted by Crippen LogP contribution is 2.31. The number of fused-ring (bicyclic) bond motifs is 1. The molecule has 0 spiro atoms. The van der Waals surface area contributed by atoms with Crippen molar-refractivity contribution in [3.8, 4) is 0 Å². The quantitative estimate of drug-likeness (QED) is 0.748. The van der Waals surface area contributed by atoms with Crippen LogP contribution in [0.1, 0.15) is 11.1 Å². The molecule has 0 saturated carbocycles. The van der Waals surface area contributed by atoms with Crippen LogP contribution in [0.5, 0.6) is 0 Å². The molecule has 0 amide bonds. The van der Waals surface area contributed by atoms with Gasteiger partial charge in [-0.25, -0.2) is 0 Å². The third-order valence-electron chi connectivity index (χ3n) is 2.52. The maximum absolute atomic E-state index is 9.42. The molecule has 5 heteroatoms. The lowest BCUT2D eigenvalue weighted by molar-refractivity contribution is 0.380. The minimum Gasteiger partial charge on any atom is -0.437 e. The van der Waals surface area contributed by atoms with Gasteiger partial charge in [-0.1, -0.05) is 23.2 Å².